The summed E-state index contributed by atoms with van der Waals surface area (Å²) in [7, 11) is 0. The van der Waals surface area contributed by atoms with Crippen LogP contribution in [-0.2, 0) is 0 Å². The molecule has 0 aromatic heterocycles. The molecule has 0 radical (unpaired) electrons. The van der Waals surface area contributed by atoms with Crippen molar-refractivity contribution in [2.45, 2.75) is 13.8 Å². The van der Waals surface area contributed by atoms with Gasteiger partial charge < -0.3 is 10.2 Å². The van der Waals surface area contributed by atoms with E-state index in [9.17, 15) is 0 Å². The molecule has 0 fully saturated rings. The minimum Gasteiger partial charge on any atom is -0.394 e. The van der Waals surface area contributed by atoms with Gasteiger partial charge in [0.05, 0.1) is 13.2 Å². The van der Waals surface area contributed by atoms with E-state index >= 15 is 0 Å². The van der Waals surface area contributed by atoms with E-state index in [1.165, 1.54) is 0 Å². The van der Waals surface area contributed by atoms with Gasteiger partial charge in [0.1, 0.15) is 0 Å². The molecule has 0 atom stereocenters. The summed E-state index contributed by atoms with van der Waals surface area (Å²) in [6.07, 6.45) is 0. The third-order valence-electron chi connectivity index (χ3n) is 0.454. The van der Waals surface area contributed by atoms with E-state index in [1.807, 2.05) is 13.8 Å². The van der Waals surface area contributed by atoms with Crippen LogP contribution in [0, 0.1) is 0 Å². The highest BCUT2D eigenvalue weighted by atomic mass is 16.3. The van der Waals surface area contributed by atoms with Crippen LogP contribution < -0.4 is 0 Å². The average Bonchev–Trinajstić information content (AvgIpc) is 1.89. The topological polar surface area (TPSA) is 40.5 Å². The van der Waals surface area contributed by atoms with Crippen molar-refractivity contribution in [3.63, 3.8) is 0 Å². The van der Waals surface area contributed by atoms with Crippen molar-refractivity contribution in [1.82, 2.24) is 0 Å². The Bertz CT molecular complexity index is 85.1. The molecule has 0 saturated heterocycles. The van der Waals surface area contributed by atoms with E-state index in [1.54, 1.807) is 0 Å². The Morgan fingerprint density at radius 1 is 1.33 bits per heavy atom. The summed E-state index contributed by atoms with van der Waals surface area (Å²) in [5.41, 5.74) is 3.84. The van der Waals surface area contributed by atoms with Gasteiger partial charge in [-0.3, -0.25) is 0 Å². The van der Waals surface area contributed by atoms with Crippen molar-refractivity contribution in [2.75, 3.05) is 13.2 Å². The number of rotatable bonds is 1. The Morgan fingerprint density at radius 2 is 1.56 bits per heavy atom. The lowest BCUT2D eigenvalue weighted by Crippen LogP contribution is -1.85. The van der Waals surface area contributed by atoms with Crippen LogP contribution >= 0.6 is 0 Å². The van der Waals surface area contributed by atoms with E-state index < -0.39 is 0 Å². The molecule has 2 N–H and O–H groups in total. The average molecular weight is 130 g/mol. The molecule has 54 valence electrons. The summed E-state index contributed by atoms with van der Waals surface area (Å²) >= 11 is 0. The Balaban J connectivity index is 0. The summed E-state index contributed by atoms with van der Waals surface area (Å²) in [6, 6.07) is 0. The smallest absolute Gasteiger partial charge is 0.0662 e. The van der Waals surface area contributed by atoms with Gasteiger partial charge >= 0.3 is 0 Å². The van der Waals surface area contributed by atoms with Crippen molar-refractivity contribution in [2.24, 2.45) is 0 Å². The summed E-state index contributed by atoms with van der Waals surface area (Å²) in [5, 5.41) is 15.2. The van der Waals surface area contributed by atoms with E-state index in [4.69, 9.17) is 10.2 Å². The molecule has 0 unspecified atom stereocenters. The molecule has 0 bridgehead atoms. The molecule has 0 aliphatic rings. The van der Waals surface area contributed by atoms with Crippen molar-refractivity contribution >= 4 is 0 Å². The van der Waals surface area contributed by atoms with E-state index in [0.717, 1.165) is 5.57 Å². The van der Waals surface area contributed by atoms with Gasteiger partial charge in [-0.25, -0.2) is 0 Å². The lowest BCUT2D eigenvalue weighted by atomic mass is 10.4. The second kappa shape index (κ2) is 10.4. The molecular formula is C7H14O2. The monoisotopic (exact) mass is 130 g/mol. The lowest BCUT2D eigenvalue weighted by Gasteiger charge is -1.70. The number of hydrogen-bond acceptors (Lipinski definition) is 2. The SMILES string of the molecule is C=C=C(C)C.OCCO. The second-order valence-corrected chi connectivity index (χ2v) is 1.62. The van der Waals surface area contributed by atoms with Gasteiger partial charge in [0, 0.05) is 0 Å². The molecule has 9 heavy (non-hydrogen) atoms. The predicted octanol–water partition coefficient (Wildman–Crippen LogP) is 0.708. The van der Waals surface area contributed by atoms with E-state index in [0.29, 0.717) is 0 Å². The molecule has 0 aromatic carbocycles. The summed E-state index contributed by atoms with van der Waals surface area (Å²) in [5.74, 6) is 0. The number of aliphatic hydroxyl groups is 2. The Kier molecular flexibility index (Phi) is 13.1. The first-order valence-electron chi connectivity index (χ1n) is 2.74. The maximum atomic E-state index is 7.62. The lowest BCUT2D eigenvalue weighted by molar-refractivity contribution is 0.186. The third-order valence-corrected chi connectivity index (χ3v) is 0.454. The maximum Gasteiger partial charge on any atom is 0.0662 e. The van der Waals surface area contributed by atoms with E-state index in [2.05, 4.69) is 12.3 Å². The van der Waals surface area contributed by atoms with Crippen LogP contribution in [0.1, 0.15) is 13.8 Å². The zero-order valence-corrected chi connectivity index (χ0v) is 6.02. The van der Waals surface area contributed by atoms with Gasteiger partial charge in [-0.15, -0.1) is 5.73 Å². The zero-order valence-electron chi connectivity index (χ0n) is 6.02. The molecule has 0 aliphatic carbocycles. The van der Waals surface area contributed by atoms with Gasteiger partial charge in [-0.2, -0.15) is 0 Å². The molecule has 0 aromatic rings. The molecule has 0 aliphatic heterocycles. The van der Waals surface area contributed by atoms with Crippen LogP contribution in [0.2, 0.25) is 0 Å². The standard InChI is InChI=1S/C5H8.C2H6O2/c1-4-5(2)3;3-1-2-4/h1H2,2-3H3;3-4H,1-2H2. The minimum absolute atomic E-state index is 0.125. The largest absolute Gasteiger partial charge is 0.394 e. The molecule has 0 rings (SSSR count). The van der Waals surface area contributed by atoms with Gasteiger partial charge in [0.15, 0.2) is 0 Å². The minimum atomic E-state index is -0.125. The van der Waals surface area contributed by atoms with Crippen LogP contribution in [0.4, 0.5) is 0 Å². The first-order valence-corrected chi connectivity index (χ1v) is 2.74. The fourth-order valence-corrected chi connectivity index (χ4v) is 0. The van der Waals surface area contributed by atoms with Gasteiger partial charge in [-0.1, -0.05) is 6.58 Å². The fraction of sp³-hybridized carbons (Fsp3) is 0.571. The van der Waals surface area contributed by atoms with Gasteiger partial charge in [-0.05, 0) is 19.4 Å². The van der Waals surface area contributed by atoms with Crippen molar-refractivity contribution in [1.29, 1.82) is 0 Å². The molecular weight excluding hydrogens is 116 g/mol. The van der Waals surface area contributed by atoms with Crippen LogP contribution in [0.5, 0.6) is 0 Å². The van der Waals surface area contributed by atoms with Crippen LogP contribution in [0.3, 0.4) is 0 Å². The Hall–Kier alpha value is -0.560. The first-order chi connectivity index (χ1) is 4.18. The summed E-state index contributed by atoms with van der Waals surface area (Å²) < 4.78 is 0. The number of aliphatic hydroxyl groups excluding tert-OH is 2. The van der Waals surface area contributed by atoms with E-state index in [-0.39, 0.29) is 13.2 Å². The summed E-state index contributed by atoms with van der Waals surface area (Å²) in [6.45, 7) is 7.08. The highest BCUT2D eigenvalue weighted by Gasteiger charge is 1.58. The highest BCUT2D eigenvalue weighted by molar-refractivity contribution is 4.87. The molecule has 2 nitrogen and oxygen atoms in total. The second-order valence-electron chi connectivity index (χ2n) is 1.62. The maximum absolute atomic E-state index is 7.62. The van der Waals surface area contributed by atoms with Gasteiger partial charge in [0.2, 0.25) is 0 Å². The highest BCUT2D eigenvalue weighted by Crippen LogP contribution is 1.77. The Labute approximate surface area is 56.1 Å². The quantitative estimate of drug-likeness (QED) is 0.513. The zero-order chi connectivity index (χ0) is 7.70. The van der Waals surface area contributed by atoms with Crippen LogP contribution in [0.25, 0.3) is 0 Å². The predicted molar refractivity (Wildman–Crippen MR) is 38.2 cm³/mol. The van der Waals surface area contributed by atoms with Crippen molar-refractivity contribution < 1.29 is 10.2 Å². The van der Waals surface area contributed by atoms with Crippen LogP contribution in [0.15, 0.2) is 17.9 Å². The van der Waals surface area contributed by atoms with Crippen molar-refractivity contribution in [3.05, 3.63) is 17.9 Å². The molecule has 0 spiro atoms. The third kappa shape index (κ3) is 37.0. The normalized spacial score (nSPS) is 6.67. The molecule has 0 saturated carbocycles. The molecule has 0 heterocycles. The Morgan fingerprint density at radius 3 is 1.56 bits per heavy atom. The van der Waals surface area contributed by atoms with Gasteiger partial charge in [0.25, 0.3) is 0 Å². The summed E-state index contributed by atoms with van der Waals surface area (Å²) in [4.78, 5) is 0. The number of allylic oxidation sites excluding steroid dienone is 1. The fourth-order valence-electron chi connectivity index (χ4n) is 0. The van der Waals surface area contributed by atoms with Crippen molar-refractivity contribution in [3.8, 4) is 0 Å². The molecule has 0 amide bonds. The van der Waals surface area contributed by atoms with Crippen LogP contribution in [-0.4, -0.2) is 23.4 Å². The number of hydrogen-bond donors (Lipinski definition) is 2. The first kappa shape index (κ1) is 11.3. The molecule has 2 heteroatoms.